The Balaban J connectivity index is 1.68. The van der Waals surface area contributed by atoms with Crippen LogP contribution in [-0.4, -0.2) is 46.8 Å². The van der Waals surface area contributed by atoms with E-state index in [1.54, 1.807) is 24.3 Å². The molecular weight excluding hydrogens is 460 g/mol. The highest BCUT2D eigenvalue weighted by Crippen LogP contribution is 2.21. The van der Waals surface area contributed by atoms with Crippen LogP contribution in [0.2, 0.25) is 5.02 Å². The average Bonchev–Trinajstić information content (AvgIpc) is 2.84. The molecule has 1 unspecified atom stereocenters. The molecule has 182 valence electrons. The van der Waals surface area contributed by atoms with Crippen molar-refractivity contribution in [2.45, 2.75) is 50.5 Å². The summed E-state index contributed by atoms with van der Waals surface area (Å²) in [6, 6.07) is 15.5. The SMILES string of the molecule is O=C(C[C@@H]1C[C@H](O)[C@@H](O)CCC(=O)NC(c2ccccc2)COC1=O)NCc1ccc(Cl)cc1. The molecule has 2 aromatic carbocycles. The fraction of sp³-hybridized carbons (Fsp3) is 0.400. The van der Waals surface area contributed by atoms with E-state index >= 15 is 0 Å². The number of benzene rings is 2. The number of aliphatic hydroxyl groups excluding tert-OH is 2. The Kier molecular flexibility index (Phi) is 9.44. The molecule has 34 heavy (non-hydrogen) atoms. The molecule has 2 amide bonds. The first kappa shape index (κ1) is 25.7. The van der Waals surface area contributed by atoms with Gasteiger partial charge in [-0.2, -0.15) is 0 Å². The zero-order chi connectivity index (χ0) is 24.5. The maximum atomic E-state index is 12.9. The minimum Gasteiger partial charge on any atom is -0.463 e. The summed E-state index contributed by atoms with van der Waals surface area (Å²) in [5.41, 5.74) is 1.61. The third-order valence-corrected chi connectivity index (χ3v) is 5.99. The zero-order valence-electron chi connectivity index (χ0n) is 18.7. The van der Waals surface area contributed by atoms with E-state index in [9.17, 15) is 24.6 Å². The first-order valence-corrected chi connectivity index (χ1v) is 11.6. The zero-order valence-corrected chi connectivity index (χ0v) is 19.4. The van der Waals surface area contributed by atoms with Crippen LogP contribution in [0.4, 0.5) is 0 Å². The lowest BCUT2D eigenvalue weighted by molar-refractivity contribution is -0.154. The molecule has 0 bridgehead atoms. The van der Waals surface area contributed by atoms with E-state index < -0.39 is 36.0 Å². The fourth-order valence-electron chi connectivity index (χ4n) is 3.74. The Bertz CT molecular complexity index is 969. The van der Waals surface area contributed by atoms with Gasteiger partial charge in [-0.05, 0) is 36.1 Å². The second-order valence-electron chi connectivity index (χ2n) is 8.37. The molecule has 1 aliphatic rings. The normalized spacial score (nSPS) is 24.2. The lowest BCUT2D eigenvalue weighted by Crippen LogP contribution is -2.38. The van der Waals surface area contributed by atoms with Crippen molar-refractivity contribution < 1.29 is 29.3 Å². The maximum absolute atomic E-state index is 12.9. The lowest BCUT2D eigenvalue weighted by atomic mass is 9.93. The number of hydrogen-bond acceptors (Lipinski definition) is 6. The van der Waals surface area contributed by atoms with Gasteiger partial charge in [-0.3, -0.25) is 14.4 Å². The number of rotatable bonds is 5. The standard InChI is InChI=1S/C25H29ClN2O6/c26-19-8-6-16(7-9-19)14-27-24(32)13-18-12-22(30)21(29)10-11-23(31)28-20(15-34-25(18)33)17-4-2-1-3-5-17/h1-9,18,20-22,29-30H,10-15H2,(H,27,32)(H,28,31)/t18-,20?,21-,22-/m0/s1. The van der Waals surface area contributed by atoms with Crippen molar-refractivity contribution in [3.8, 4) is 0 Å². The van der Waals surface area contributed by atoms with E-state index in [-0.39, 0.29) is 44.7 Å². The smallest absolute Gasteiger partial charge is 0.309 e. The third-order valence-electron chi connectivity index (χ3n) is 5.73. The number of cyclic esters (lactones) is 1. The molecule has 0 aromatic heterocycles. The molecule has 1 heterocycles. The number of aliphatic hydroxyl groups is 2. The van der Waals surface area contributed by atoms with Crippen LogP contribution in [0.5, 0.6) is 0 Å². The second-order valence-corrected chi connectivity index (χ2v) is 8.81. The maximum Gasteiger partial charge on any atom is 0.309 e. The number of carbonyl (C=O) groups excluding carboxylic acids is 3. The van der Waals surface area contributed by atoms with Gasteiger partial charge in [0.2, 0.25) is 11.8 Å². The molecule has 1 saturated heterocycles. The van der Waals surface area contributed by atoms with Crippen LogP contribution in [0.1, 0.15) is 42.9 Å². The van der Waals surface area contributed by atoms with E-state index in [2.05, 4.69) is 10.6 Å². The Labute approximate surface area is 203 Å². The number of nitrogens with one attached hydrogen (secondary N) is 2. The van der Waals surface area contributed by atoms with Crippen molar-refractivity contribution in [1.82, 2.24) is 10.6 Å². The third kappa shape index (κ3) is 7.83. The van der Waals surface area contributed by atoms with Crippen molar-refractivity contribution in [1.29, 1.82) is 0 Å². The molecule has 1 aliphatic heterocycles. The molecule has 8 nitrogen and oxygen atoms in total. The summed E-state index contributed by atoms with van der Waals surface area (Å²) < 4.78 is 5.46. The topological polar surface area (TPSA) is 125 Å². The van der Waals surface area contributed by atoms with Crippen LogP contribution in [0.25, 0.3) is 0 Å². The van der Waals surface area contributed by atoms with Crippen LogP contribution >= 0.6 is 11.6 Å². The van der Waals surface area contributed by atoms with Gasteiger partial charge in [-0.25, -0.2) is 0 Å². The summed E-state index contributed by atoms with van der Waals surface area (Å²) in [7, 11) is 0. The predicted octanol–water partition coefficient (Wildman–Crippen LogP) is 2.27. The van der Waals surface area contributed by atoms with Crippen molar-refractivity contribution in [3.05, 3.63) is 70.7 Å². The summed E-state index contributed by atoms with van der Waals surface area (Å²) in [6.07, 6.45) is -2.84. The molecular formula is C25H29ClN2O6. The fourth-order valence-corrected chi connectivity index (χ4v) is 3.86. The Morgan fingerprint density at radius 1 is 1.06 bits per heavy atom. The quantitative estimate of drug-likeness (QED) is 0.478. The Morgan fingerprint density at radius 3 is 2.47 bits per heavy atom. The van der Waals surface area contributed by atoms with Crippen LogP contribution in [0, 0.1) is 5.92 Å². The molecule has 3 rings (SSSR count). The molecule has 9 heteroatoms. The van der Waals surface area contributed by atoms with E-state index in [1.165, 1.54) is 0 Å². The minimum atomic E-state index is -1.28. The summed E-state index contributed by atoms with van der Waals surface area (Å²) in [5.74, 6) is -2.35. The van der Waals surface area contributed by atoms with Gasteiger partial charge >= 0.3 is 5.97 Å². The largest absolute Gasteiger partial charge is 0.463 e. The van der Waals surface area contributed by atoms with Gasteiger partial charge in [-0.1, -0.05) is 54.1 Å². The van der Waals surface area contributed by atoms with Gasteiger partial charge in [0.1, 0.15) is 6.61 Å². The van der Waals surface area contributed by atoms with Crippen LogP contribution in [0.3, 0.4) is 0 Å². The Morgan fingerprint density at radius 2 is 1.76 bits per heavy atom. The number of esters is 1. The summed E-state index contributed by atoms with van der Waals surface area (Å²) >= 11 is 5.87. The molecule has 0 aliphatic carbocycles. The summed E-state index contributed by atoms with van der Waals surface area (Å²) in [4.78, 5) is 37.7. The lowest BCUT2D eigenvalue weighted by Gasteiger charge is -2.26. The van der Waals surface area contributed by atoms with Crippen molar-refractivity contribution >= 4 is 29.4 Å². The van der Waals surface area contributed by atoms with Gasteiger partial charge in [-0.15, -0.1) is 0 Å². The number of ether oxygens (including phenoxy) is 1. The van der Waals surface area contributed by atoms with Crippen LogP contribution in [-0.2, 0) is 25.7 Å². The molecule has 1 fully saturated rings. The molecule has 2 aromatic rings. The minimum absolute atomic E-state index is 0.00174. The molecule has 0 spiro atoms. The molecule has 4 atom stereocenters. The number of carbonyl (C=O) groups is 3. The van der Waals surface area contributed by atoms with E-state index in [1.807, 2.05) is 30.3 Å². The van der Waals surface area contributed by atoms with E-state index in [0.29, 0.717) is 5.02 Å². The molecule has 0 radical (unpaired) electrons. The predicted molar refractivity (Wildman–Crippen MR) is 126 cm³/mol. The second kappa shape index (κ2) is 12.5. The first-order chi connectivity index (χ1) is 16.3. The van der Waals surface area contributed by atoms with Crippen LogP contribution in [0.15, 0.2) is 54.6 Å². The summed E-state index contributed by atoms with van der Waals surface area (Å²) in [5, 5.41) is 26.8. The first-order valence-electron chi connectivity index (χ1n) is 11.2. The van der Waals surface area contributed by atoms with Gasteiger partial charge in [0.05, 0.1) is 24.2 Å². The molecule has 4 N–H and O–H groups in total. The molecule has 0 saturated carbocycles. The van der Waals surface area contributed by atoms with Crippen LogP contribution < -0.4 is 10.6 Å². The average molecular weight is 489 g/mol. The highest BCUT2D eigenvalue weighted by Gasteiger charge is 2.31. The van der Waals surface area contributed by atoms with Crippen molar-refractivity contribution in [3.63, 3.8) is 0 Å². The van der Waals surface area contributed by atoms with Crippen molar-refractivity contribution in [2.75, 3.05) is 6.61 Å². The van der Waals surface area contributed by atoms with E-state index in [0.717, 1.165) is 11.1 Å². The van der Waals surface area contributed by atoms with Gasteiger partial charge < -0.3 is 25.6 Å². The Hall–Kier alpha value is -2.94. The van der Waals surface area contributed by atoms with E-state index in [4.69, 9.17) is 16.3 Å². The number of halogens is 1. The van der Waals surface area contributed by atoms with Gasteiger partial charge in [0, 0.05) is 24.4 Å². The number of amides is 2. The number of hydrogen-bond donors (Lipinski definition) is 4. The van der Waals surface area contributed by atoms with Gasteiger partial charge in [0.25, 0.3) is 0 Å². The summed E-state index contributed by atoms with van der Waals surface area (Å²) in [6.45, 7) is 0.140. The monoisotopic (exact) mass is 488 g/mol. The van der Waals surface area contributed by atoms with Gasteiger partial charge in [0.15, 0.2) is 0 Å². The van der Waals surface area contributed by atoms with Crippen molar-refractivity contribution in [2.24, 2.45) is 5.92 Å². The highest BCUT2D eigenvalue weighted by molar-refractivity contribution is 6.30. The highest BCUT2D eigenvalue weighted by atomic mass is 35.5.